The first-order valence-corrected chi connectivity index (χ1v) is 7.71. The first-order chi connectivity index (χ1) is 8.71. The summed E-state index contributed by atoms with van der Waals surface area (Å²) in [6.07, 6.45) is 9.79. The number of amides is 1. The van der Waals surface area contributed by atoms with Crippen LogP contribution in [0.1, 0.15) is 58.3 Å². The van der Waals surface area contributed by atoms with Gasteiger partial charge in [0, 0.05) is 12.0 Å². The van der Waals surface area contributed by atoms with Crippen molar-refractivity contribution >= 4 is 5.91 Å². The second-order valence-electron chi connectivity index (χ2n) is 6.28. The van der Waals surface area contributed by atoms with Crippen LogP contribution < -0.4 is 5.32 Å². The molecule has 3 heteroatoms. The van der Waals surface area contributed by atoms with Gasteiger partial charge in [-0.3, -0.25) is 4.79 Å². The molecular formula is C15H28N2O. The molecule has 0 radical (unpaired) electrons. The zero-order valence-electron chi connectivity index (χ0n) is 11.8. The average Bonchev–Trinajstić information content (AvgIpc) is 2.84. The summed E-state index contributed by atoms with van der Waals surface area (Å²) < 4.78 is 0. The van der Waals surface area contributed by atoms with E-state index in [0.717, 1.165) is 32.4 Å². The van der Waals surface area contributed by atoms with E-state index in [0.29, 0.717) is 5.91 Å². The van der Waals surface area contributed by atoms with Crippen molar-refractivity contribution in [3.63, 3.8) is 0 Å². The number of carbonyl (C=O) groups excluding carboxylic acids is 1. The fraction of sp³-hybridized carbons (Fsp3) is 0.933. The summed E-state index contributed by atoms with van der Waals surface area (Å²) in [5, 5.41) is 3.14. The maximum Gasteiger partial charge on any atom is 0.225 e. The monoisotopic (exact) mass is 252 g/mol. The van der Waals surface area contributed by atoms with E-state index in [-0.39, 0.29) is 5.41 Å². The van der Waals surface area contributed by atoms with Gasteiger partial charge in [-0.1, -0.05) is 26.2 Å². The predicted octanol–water partition coefficient (Wildman–Crippen LogP) is 2.56. The van der Waals surface area contributed by atoms with Crippen LogP contribution in [0.5, 0.6) is 0 Å². The van der Waals surface area contributed by atoms with Crippen LogP contribution in [-0.4, -0.2) is 37.0 Å². The average molecular weight is 252 g/mol. The maximum atomic E-state index is 12.1. The van der Waals surface area contributed by atoms with Gasteiger partial charge in [0.05, 0.1) is 0 Å². The molecule has 1 amide bonds. The summed E-state index contributed by atoms with van der Waals surface area (Å²) in [7, 11) is 0. The van der Waals surface area contributed by atoms with Gasteiger partial charge in [-0.25, -0.2) is 0 Å². The second kappa shape index (κ2) is 6.55. The van der Waals surface area contributed by atoms with Crippen LogP contribution in [0.3, 0.4) is 0 Å². The van der Waals surface area contributed by atoms with Gasteiger partial charge in [-0.2, -0.15) is 0 Å². The molecule has 1 heterocycles. The van der Waals surface area contributed by atoms with Crippen LogP contribution in [-0.2, 0) is 4.79 Å². The van der Waals surface area contributed by atoms with Crippen LogP contribution >= 0.6 is 0 Å². The van der Waals surface area contributed by atoms with Crippen LogP contribution in [0.4, 0.5) is 0 Å². The molecule has 0 unspecified atom stereocenters. The van der Waals surface area contributed by atoms with Gasteiger partial charge in [-0.15, -0.1) is 0 Å². The quantitative estimate of drug-likeness (QED) is 0.763. The minimum absolute atomic E-state index is 0.0644. The lowest BCUT2D eigenvalue weighted by Crippen LogP contribution is -2.39. The zero-order valence-corrected chi connectivity index (χ0v) is 11.8. The lowest BCUT2D eigenvalue weighted by atomic mass is 9.88. The summed E-state index contributed by atoms with van der Waals surface area (Å²) in [4.78, 5) is 14.6. The normalized spacial score (nSPS) is 24.1. The van der Waals surface area contributed by atoms with Crippen LogP contribution in [0.25, 0.3) is 0 Å². The van der Waals surface area contributed by atoms with E-state index in [1.165, 1.54) is 45.2 Å². The van der Waals surface area contributed by atoms with Gasteiger partial charge in [0.2, 0.25) is 5.91 Å². The highest BCUT2D eigenvalue weighted by atomic mass is 16.2. The predicted molar refractivity (Wildman–Crippen MR) is 74.5 cm³/mol. The molecule has 1 N–H and O–H groups in total. The Kier molecular flexibility index (Phi) is 5.04. The van der Waals surface area contributed by atoms with Crippen molar-refractivity contribution in [1.82, 2.24) is 10.2 Å². The Labute approximate surface area is 111 Å². The Balaban J connectivity index is 1.58. The molecule has 0 aromatic rings. The molecule has 18 heavy (non-hydrogen) atoms. The van der Waals surface area contributed by atoms with Crippen molar-refractivity contribution in [2.75, 3.05) is 26.2 Å². The van der Waals surface area contributed by atoms with E-state index in [9.17, 15) is 4.79 Å². The molecule has 1 saturated heterocycles. The summed E-state index contributed by atoms with van der Waals surface area (Å²) >= 11 is 0. The molecule has 0 bridgehead atoms. The van der Waals surface area contributed by atoms with Crippen molar-refractivity contribution < 1.29 is 4.79 Å². The number of hydrogen-bond donors (Lipinski definition) is 1. The van der Waals surface area contributed by atoms with Gasteiger partial charge >= 0.3 is 0 Å². The van der Waals surface area contributed by atoms with Crippen LogP contribution in [0, 0.1) is 5.41 Å². The largest absolute Gasteiger partial charge is 0.356 e. The summed E-state index contributed by atoms with van der Waals surface area (Å²) in [6, 6.07) is 0. The number of carbonyl (C=O) groups is 1. The molecule has 104 valence electrons. The van der Waals surface area contributed by atoms with E-state index in [2.05, 4.69) is 17.1 Å². The Hall–Kier alpha value is -0.570. The molecule has 3 nitrogen and oxygen atoms in total. The topological polar surface area (TPSA) is 32.3 Å². The minimum atomic E-state index is -0.0644. The van der Waals surface area contributed by atoms with Crippen molar-refractivity contribution in [1.29, 1.82) is 0 Å². The zero-order chi connectivity index (χ0) is 12.8. The first kappa shape index (κ1) is 13.9. The second-order valence-corrected chi connectivity index (χ2v) is 6.28. The van der Waals surface area contributed by atoms with E-state index in [1.54, 1.807) is 0 Å². The Bertz CT molecular complexity index is 266. The van der Waals surface area contributed by atoms with E-state index in [4.69, 9.17) is 0 Å². The van der Waals surface area contributed by atoms with Gasteiger partial charge in [0.25, 0.3) is 0 Å². The summed E-state index contributed by atoms with van der Waals surface area (Å²) in [6.45, 7) is 6.64. The lowest BCUT2D eigenvalue weighted by Gasteiger charge is -2.27. The standard InChI is InChI=1S/C15H28N2O/c1-15(8-3-4-9-15)14(18)16-10-7-13-17-11-5-2-6-12-17/h2-13H2,1H3,(H,16,18). The SMILES string of the molecule is CC1(C(=O)NCCCN2CCCCC2)CCCC1. The van der Waals surface area contributed by atoms with Crippen molar-refractivity contribution in [2.45, 2.75) is 58.3 Å². The van der Waals surface area contributed by atoms with Gasteiger partial charge < -0.3 is 10.2 Å². The highest BCUT2D eigenvalue weighted by molar-refractivity contribution is 5.82. The van der Waals surface area contributed by atoms with Gasteiger partial charge in [-0.05, 0) is 51.7 Å². The maximum absolute atomic E-state index is 12.1. The third-order valence-corrected chi connectivity index (χ3v) is 4.64. The molecule has 1 saturated carbocycles. The highest BCUT2D eigenvalue weighted by Crippen LogP contribution is 2.37. The molecular weight excluding hydrogens is 224 g/mol. The van der Waals surface area contributed by atoms with E-state index < -0.39 is 0 Å². The van der Waals surface area contributed by atoms with Crippen molar-refractivity contribution in [3.8, 4) is 0 Å². The van der Waals surface area contributed by atoms with E-state index in [1.807, 2.05) is 0 Å². The third-order valence-electron chi connectivity index (χ3n) is 4.64. The first-order valence-electron chi connectivity index (χ1n) is 7.71. The summed E-state index contributed by atoms with van der Waals surface area (Å²) in [5.74, 6) is 0.290. The molecule has 0 aromatic carbocycles. The Morgan fingerprint density at radius 1 is 1.11 bits per heavy atom. The molecule has 1 aliphatic heterocycles. The Morgan fingerprint density at radius 3 is 2.44 bits per heavy atom. The fourth-order valence-corrected chi connectivity index (χ4v) is 3.28. The molecule has 0 aromatic heterocycles. The smallest absolute Gasteiger partial charge is 0.225 e. The van der Waals surface area contributed by atoms with Gasteiger partial charge in [0.15, 0.2) is 0 Å². The van der Waals surface area contributed by atoms with Gasteiger partial charge in [0.1, 0.15) is 0 Å². The van der Waals surface area contributed by atoms with Crippen molar-refractivity contribution in [2.24, 2.45) is 5.41 Å². The number of likely N-dealkylation sites (tertiary alicyclic amines) is 1. The van der Waals surface area contributed by atoms with E-state index >= 15 is 0 Å². The lowest BCUT2D eigenvalue weighted by molar-refractivity contribution is -0.129. The molecule has 2 aliphatic rings. The number of piperidine rings is 1. The molecule has 0 spiro atoms. The minimum Gasteiger partial charge on any atom is -0.356 e. The van der Waals surface area contributed by atoms with Crippen LogP contribution in [0.2, 0.25) is 0 Å². The highest BCUT2D eigenvalue weighted by Gasteiger charge is 2.35. The molecule has 1 aliphatic carbocycles. The Morgan fingerprint density at radius 2 is 1.78 bits per heavy atom. The van der Waals surface area contributed by atoms with Crippen LogP contribution in [0.15, 0.2) is 0 Å². The molecule has 2 fully saturated rings. The number of rotatable bonds is 5. The third kappa shape index (κ3) is 3.71. The van der Waals surface area contributed by atoms with Crippen molar-refractivity contribution in [3.05, 3.63) is 0 Å². The summed E-state index contributed by atoms with van der Waals surface area (Å²) in [5.41, 5.74) is -0.0644. The molecule has 2 rings (SSSR count). The fourth-order valence-electron chi connectivity index (χ4n) is 3.28. The number of nitrogens with one attached hydrogen (secondary N) is 1. The number of hydrogen-bond acceptors (Lipinski definition) is 2. The number of nitrogens with zero attached hydrogens (tertiary/aromatic N) is 1. The molecule has 0 atom stereocenters.